The number of hydrogen-bond acceptors (Lipinski definition) is 8. The van der Waals surface area contributed by atoms with Crippen LogP contribution in [0.5, 0.6) is 34.5 Å². The first-order valence-electron chi connectivity index (χ1n) is 13.1. The maximum Gasteiger partial charge on any atom is 0.254 e. The van der Waals surface area contributed by atoms with Gasteiger partial charge < -0.3 is 38.2 Å². The third-order valence-electron chi connectivity index (χ3n) is 7.00. The zero-order valence-corrected chi connectivity index (χ0v) is 24.0. The average Bonchev–Trinajstić information content (AvgIpc) is 2.98. The molecule has 2 aromatic carbocycles. The molecule has 214 valence electrons. The molecular formula is C29H40N2O8. The van der Waals surface area contributed by atoms with Crippen LogP contribution in [0.3, 0.4) is 0 Å². The Kier molecular flexibility index (Phi) is 10.5. The van der Waals surface area contributed by atoms with Crippen LogP contribution in [0.2, 0.25) is 0 Å². The topological polar surface area (TPSA) is 96.0 Å². The molecule has 1 saturated heterocycles. The van der Waals surface area contributed by atoms with Gasteiger partial charge >= 0.3 is 0 Å². The molecule has 2 amide bonds. The van der Waals surface area contributed by atoms with E-state index in [1.54, 1.807) is 29.2 Å². The summed E-state index contributed by atoms with van der Waals surface area (Å²) in [5.74, 6) is 2.21. The van der Waals surface area contributed by atoms with Gasteiger partial charge in [-0.05, 0) is 30.7 Å². The lowest BCUT2D eigenvalue weighted by Gasteiger charge is -2.42. The van der Waals surface area contributed by atoms with Gasteiger partial charge in [0.1, 0.15) is 0 Å². The summed E-state index contributed by atoms with van der Waals surface area (Å²) in [5.41, 5.74) is 0.871. The largest absolute Gasteiger partial charge is 0.493 e. The number of amides is 2. The molecule has 1 atom stereocenters. The first-order valence-corrected chi connectivity index (χ1v) is 13.1. The SMILES string of the molecule is CCCCCC1CN(C(=O)c2cc(OC)c(OC)c(OC)c2)CCN1C(=O)c1cc(OC)c(OC)c(OC)c1. The first-order chi connectivity index (χ1) is 18.9. The molecule has 3 rings (SSSR count). The second kappa shape index (κ2) is 13.8. The number of benzene rings is 2. The van der Waals surface area contributed by atoms with E-state index in [4.69, 9.17) is 28.4 Å². The molecule has 0 radical (unpaired) electrons. The molecule has 10 heteroatoms. The fourth-order valence-electron chi connectivity index (χ4n) is 4.94. The Bertz CT molecular complexity index is 1100. The van der Waals surface area contributed by atoms with Crippen LogP contribution in [-0.4, -0.2) is 89.9 Å². The average molecular weight is 545 g/mol. The summed E-state index contributed by atoms with van der Waals surface area (Å²) < 4.78 is 32.6. The van der Waals surface area contributed by atoms with E-state index in [1.165, 1.54) is 42.7 Å². The van der Waals surface area contributed by atoms with Crippen LogP contribution in [0.1, 0.15) is 53.3 Å². The van der Waals surface area contributed by atoms with Gasteiger partial charge in [0, 0.05) is 36.8 Å². The molecule has 2 aromatic rings. The Morgan fingerprint density at radius 3 is 1.56 bits per heavy atom. The third-order valence-corrected chi connectivity index (χ3v) is 7.00. The van der Waals surface area contributed by atoms with Gasteiger partial charge in [-0.15, -0.1) is 0 Å². The molecule has 1 unspecified atom stereocenters. The summed E-state index contributed by atoms with van der Waals surface area (Å²) >= 11 is 0. The Morgan fingerprint density at radius 1 is 0.692 bits per heavy atom. The minimum absolute atomic E-state index is 0.143. The van der Waals surface area contributed by atoms with Crippen molar-refractivity contribution in [2.24, 2.45) is 0 Å². The smallest absolute Gasteiger partial charge is 0.254 e. The summed E-state index contributed by atoms with van der Waals surface area (Å²) in [6.07, 6.45) is 3.83. The number of carbonyl (C=O) groups excluding carboxylic acids is 2. The standard InChI is InChI=1S/C29H40N2O8/c1-8-9-10-11-21-18-30(28(32)19-14-22(34-2)26(38-6)23(15-19)35-3)12-13-31(21)29(33)20-16-24(36-4)27(39-7)25(17-20)37-5/h14-17,21H,8-13,18H2,1-7H3. The predicted molar refractivity (Wildman–Crippen MR) is 147 cm³/mol. The number of carbonyl (C=O) groups is 2. The van der Waals surface area contributed by atoms with Gasteiger partial charge in [-0.1, -0.05) is 26.2 Å². The van der Waals surface area contributed by atoms with Crippen LogP contribution < -0.4 is 28.4 Å². The fraction of sp³-hybridized carbons (Fsp3) is 0.517. The van der Waals surface area contributed by atoms with Gasteiger partial charge in [-0.3, -0.25) is 9.59 Å². The van der Waals surface area contributed by atoms with Crippen molar-refractivity contribution in [3.8, 4) is 34.5 Å². The summed E-state index contributed by atoms with van der Waals surface area (Å²) in [5, 5.41) is 0. The van der Waals surface area contributed by atoms with E-state index in [-0.39, 0.29) is 17.9 Å². The van der Waals surface area contributed by atoms with Gasteiger partial charge in [-0.25, -0.2) is 0 Å². The number of piperazine rings is 1. The van der Waals surface area contributed by atoms with E-state index >= 15 is 0 Å². The second-order valence-electron chi connectivity index (χ2n) is 9.23. The zero-order chi connectivity index (χ0) is 28.5. The van der Waals surface area contributed by atoms with Crippen molar-refractivity contribution in [3.05, 3.63) is 35.4 Å². The molecule has 10 nitrogen and oxygen atoms in total. The monoisotopic (exact) mass is 544 g/mol. The van der Waals surface area contributed by atoms with Crippen LogP contribution in [0, 0.1) is 0 Å². The molecule has 0 saturated carbocycles. The van der Waals surface area contributed by atoms with Crippen molar-refractivity contribution < 1.29 is 38.0 Å². The second-order valence-corrected chi connectivity index (χ2v) is 9.23. The normalized spacial score (nSPS) is 15.0. The lowest BCUT2D eigenvalue weighted by atomic mass is 10.0. The lowest BCUT2D eigenvalue weighted by molar-refractivity contribution is 0.0367. The van der Waals surface area contributed by atoms with Gasteiger partial charge in [0.2, 0.25) is 11.5 Å². The van der Waals surface area contributed by atoms with Crippen molar-refractivity contribution in [3.63, 3.8) is 0 Å². The Balaban J connectivity index is 1.90. The van der Waals surface area contributed by atoms with Crippen LogP contribution in [-0.2, 0) is 0 Å². The van der Waals surface area contributed by atoms with Gasteiger partial charge in [-0.2, -0.15) is 0 Å². The van der Waals surface area contributed by atoms with Gasteiger partial charge in [0.15, 0.2) is 23.0 Å². The summed E-state index contributed by atoms with van der Waals surface area (Å²) in [6.45, 7) is 3.33. The van der Waals surface area contributed by atoms with Crippen LogP contribution >= 0.6 is 0 Å². The Labute approximate surface area is 230 Å². The number of nitrogens with zero attached hydrogens (tertiary/aromatic N) is 2. The molecule has 39 heavy (non-hydrogen) atoms. The Morgan fingerprint density at radius 2 is 1.15 bits per heavy atom. The quantitative estimate of drug-likeness (QED) is 0.365. The van der Waals surface area contributed by atoms with Crippen LogP contribution in [0.25, 0.3) is 0 Å². The highest BCUT2D eigenvalue weighted by Crippen LogP contribution is 2.40. The molecule has 0 aromatic heterocycles. The van der Waals surface area contributed by atoms with E-state index in [1.807, 2.05) is 4.90 Å². The lowest BCUT2D eigenvalue weighted by Crippen LogP contribution is -2.56. The highest BCUT2D eigenvalue weighted by Gasteiger charge is 2.34. The molecular weight excluding hydrogens is 504 g/mol. The summed E-state index contributed by atoms with van der Waals surface area (Å²) in [6, 6.07) is 6.50. The maximum atomic E-state index is 13.8. The van der Waals surface area contributed by atoms with Crippen molar-refractivity contribution in [2.45, 2.75) is 38.6 Å². The highest BCUT2D eigenvalue weighted by molar-refractivity contribution is 5.97. The number of hydrogen-bond donors (Lipinski definition) is 0. The van der Waals surface area contributed by atoms with E-state index in [2.05, 4.69) is 6.92 Å². The predicted octanol–water partition coefficient (Wildman–Crippen LogP) is 4.29. The van der Waals surface area contributed by atoms with Crippen LogP contribution in [0.15, 0.2) is 24.3 Å². The van der Waals surface area contributed by atoms with E-state index in [0.717, 1.165) is 25.7 Å². The van der Waals surface area contributed by atoms with Crippen molar-refractivity contribution in [1.82, 2.24) is 9.80 Å². The molecule has 0 spiro atoms. The number of rotatable bonds is 12. The van der Waals surface area contributed by atoms with Gasteiger partial charge in [0.05, 0.1) is 42.7 Å². The molecule has 1 fully saturated rings. The summed E-state index contributed by atoms with van der Waals surface area (Å²) in [7, 11) is 9.12. The van der Waals surface area contributed by atoms with Crippen molar-refractivity contribution in [1.29, 1.82) is 0 Å². The van der Waals surface area contributed by atoms with Crippen LogP contribution in [0.4, 0.5) is 0 Å². The Hall–Kier alpha value is -3.82. The van der Waals surface area contributed by atoms with E-state index < -0.39 is 0 Å². The van der Waals surface area contributed by atoms with E-state index in [9.17, 15) is 9.59 Å². The highest BCUT2D eigenvalue weighted by atomic mass is 16.5. The zero-order valence-electron chi connectivity index (χ0n) is 24.0. The van der Waals surface area contributed by atoms with E-state index in [0.29, 0.717) is 65.3 Å². The molecule has 1 heterocycles. The summed E-state index contributed by atoms with van der Waals surface area (Å²) in [4.78, 5) is 31.0. The fourth-order valence-corrected chi connectivity index (χ4v) is 4.94. The molecule has 1 aliphatic heterocycles. The maximum absolute atomic E-state index is 13.8. The first kappa shape index (κ1) is 29.7. The van der Waals surface area contributed by atoms with Crippen molar-refractivity contribution in [2.75, 3.05) is 62.3 Å². The van der Waals surface area contributed by atoms with Gasteiger partial charge in [0.25, 0.3) is 11.8 Å². The van der Waals surface area contributed by atoms with Crippen molar-refractivity contribution >= 4 is 11.8 Å². The molecule has 1 aliphatic rings. The third kappa shape index (κ3) is 6.43. The minimum atomic E-state index is -0.158. The molecule has 0 N–H and O–H groups in total. The molecule has 0 aliphatic carbocycles. The molecule has 0 bridgehead atoms. The number of ether oxygens (including phenoxy) is 6. The minimum Gasteiger partial charge on any atom is -0.493 e. The number of unbranched alkanes of at least 4 members (excludes halogenated alkanes) is 2. The number of methoxy groups -OCH3 is 6.